The standard InChI is InChI=1S/C14H20N4O3/c1-14(2,12(19)20)16-13(21)18-9-7-17(8-10-18)11-5-3-4-6-15-11/h3-6H,7-10H2,1-2H3,(H,16,21)(H,19,20). The summed E-state index contributed by atoms with van der Waals surface area (Å²) in [4.78, 5) is 31.1. The fourth-order valence-electron chi connectivity index (χ4n) is 2.08. The van der Waals surface area contributed by atoms with Gasteiger partial charge >= 0.3 is 12.0 Å². The first-order chi connectivity index (χ1) is 9.90. The maximum Gasteiger partial charge on any atom is 0.328 e. The first kappa shape index (κ1) is 15.1. The van der Waals surface area contributed by atoms with E-state index in [9.17, 15) is 9.59 Å². The van der Waals surface area contributed by atoms with Crippen LogP contribution in [0.25, 0.3) is 0 Å². The first-order valence-electron chi connectivity index (χ1n) is 6.86. The van der Waals surface area contributed by atoms with E-state index in [2.05, 4.69) is 15.2 Å². The van der Waals surface area contributed by atoms with Crippen LogP contribution in [-0.2, 0) is 4.79 Å². The third-order valence-corrected chi connectivity index (χ3v) is 3.49. The average molecular weight is 292 g/mol. The third-order valence-electron chi connectivity index (χ3n) is 3.49. The summed E-state index contributed by atoms with van der Waals surface area (Å²) in [6.45, 7) is 5.38. The van der Waals surface area contributed by atoms with Gasteiger partial charge < -0.3 is 20.2 Å². The molecule has 0 spiro atoms. The SMILES string of the molecule is CC(C)(NC(=O)N1CCN(c2ccccn2)CC1)C(=O)O. The molecule has 0 saturated carbocycles. The zero-order chi connectivity index (χ0) is 15.5. The second-order valence-corrected chi connectivity index (χ2v) is 5.52. The van der Waals surface area contributed by atoms with Gasteiger partial charge in [-0.05, 0) is 26.0 Å². The van der Waals surface area contributed by atoms with E-state index < -0.39 is 11.5 Å². The fraction of sp³-hybridized carbons (Fsp3) is 0.500. The summed E-state index contributed by atoms with van der Waals surface area (Å²) in [6, 6.07) is 5.38. The summed E-state index contributed by atoms with van der Waals surface area (Å²) in [5, 5.41) is 11.6. The van der Waals surface area contributed by atoms with E-state index in [1.807, 2.05) is 18.2 Å². The minimum absolute atomic E-state index is 0.344. The second kappa shape index (κ2) is 5.99. The Morgan fingerprint density at radius 1 is 1.24 bits per heavy atom. The van der Waals surface area contributed by atoms with Crippen molar-refractivity contribution < 1.29 is 14.7 Å². The van der Waals surface area contributed by atoms with E-state index in [1.165, 1.54) is 13.8 Å². The number of hydrogen-bond acceptors (Lipinski definition) is 4. The molecule has 0 aromatic carbocycles. The molecule has 7 heteroatoms. The number of amides is 2. The average Bonchev–Trinajstić information content (AvgIpc) is 2.48. The van der Waals surface area contributed by atoms with Crippen molar-refractivity contribution in [1.29, 1.82) is 0 Å². The topological polar surface area (TPSA) is 85.8 Å². The van der Waals surface area contributed by atoms with Crippen LogP contribution in [0.5, 0.6) is 0 Å². The van der Waals surface area contributed by atoms with Crippen LogP contribution in [0.4, 0.5) is 10.6 Å². The lowest BCUT2D eigenvalue weighted by Crippen LogP contribution is -2.58. The predicted octanol–water partition coefficient (Wildman–Crippen LogP) is 0.776. The highest BCUT2D eigenvalue weighted by Gasteiger charge is 2.32. The van der Waals surface area contributed by atoms with Crippen molar-refractivity contribution in [1.82, 2.24) is 15.2 Å². The van der Waals surface area contributed by atoms with Crippen LogP contribution in [0.3, 0.4) is 0 Å². The number of carbonyl (C=O) groups is 2. The molecule has 21 heavy (non-hydrogen) atoms. The van der Waals surface area contributed by atoms with Crippen LogP contribution in [0.1, 0.15) is 13.8 Å². The smallest absolute Gasteiger partial charge is 0.328 e. The van der Waals surface area contributed by atoms with Crippen molar-refractivity contribution in [2.24, 2.45) is 0 Å². The van der Waals surface area contributed by atoms with Crippen molar-refractivity contribution in [3.8, 4) is 0 Å². The Hall–Kier alpha value is -2.31. The molecule has 2 heterocycles. The summed E-state index contributed by atoms with van der Waals surface area (Å²) in [5.74, 6) is -0.161. The van der Waals surface area contributed by atoms with Gasteiger partial charge in [0.05, 0.1) is 0 Å². The molecule has 114 valence electrons. The summed E-state index contributed by atoms with van der Waals surface area (Å²) in [7, 11) is 0. The molecular weight excluding hydrogens is 272 g/mol. The molecule has 7 nitrogen and oxygen atoms in total. The number of urea groups is 1. The second-order valence-electron chi connectivity index (χ2n) is 5.52. The van der Waals surface area contributed by atoms with Crippen molar-refractivity contribution in [3.63, 3.8) is 0 Å². The molecule has 1 fully saturated rings. The highest BCUT2D eigenvalue weighted by molar-refractivity contribution is 5.85. The Morgan fingerprint density at radius 3 is 2.43 bits per heavy atom. The minimum atomic E-state index is -1.27. The van der Waals surface area contributed by atoms with Crippen LogP contribution in [0.15, 0.2) is 24.4 Å². The van der Waals surface area contributed by atoms with E-state index in [4.69, 9.17) is 5.11 Å². The van der Waals surface area contributed by atoms with Gasteiger partial charge in [0.25, 0.3) is 0 Å². The number of carboxylic acids is 1. The molecule has 0 unspecified atom stereocenters. The highest BCUT2D eigenvalue weighted by atomic mass is 16.4. The summed E-state index contributed by atoms with van der Waals surface area (Å²) in [6.07, 6.45) is 1.74. The van der Waals surface area contributed by atoms with Crippen molar-refractivity contribution in [3.05, 3.63) is 24.4 Å². The first-order valence-corrected chi connectivity index (χ1v) is 6.86. The van der Waals surface area contributed by atoms with Gasteiger partial charge in [-0.3, -0.25) is 0 Å². The predicted molar refractivity (Wildman–Crippen MR) is 78.3 cm³/mol. The molecule has 1 saturated heterocycles. The van der Waals surface area contributed by atoms with Crippen LogP contribution >= 0.6 is 0 Å². The molecule has 0 atom stereocenters. The Labute approximate surface area is 123 Å². The van der Waals surface area contributed by atoms with Gasteiger partial charge in [0.2, 0.25) is 0 Å². The van der Waals surface area contributed by atoms with E-state index in [0.717, 1.165) is 5.82 Å². The number of aromatic nitrogens is 1. The lowest BCUT2D eigenvalue weighted by Gasteiger charge is -2.36. The number of aliphatic carboxylic acids is 1. The Balaban J connectivity index is 1.89. The van der Waals surface area contributed by atoms with E-state index in [1.54, 1.807) is 11.1 Å². The number of rotatable bonds is 3. The van der Waals surface area contributed by atoms with Gasteiger partial charge in [-0.25, -0.2) is 14.6 Å². The number of nitrogens with one attached hydrogen (secondary N) is 1. The van der Waals surface area contributed by atoms with Gasteiger partial charge in [0, 0.05) is 32.4 Å². The molecule has 0 bridgehead atoms. The quantitative estimate of drug-likeness (QED) is 0.859. The van der Waals surface area contributed by atoms with E-state index in [0.29, 0.717) is 26.2 Å². The number of pyridine rings is 1. The van der Waals surface area contributed by atoms with Crippen molar-refractivity contribution in [2.75, 3.05) is 31.1 Å². The van der Waals surface area contributed by atoms with Gasteiger partial charge in [-0.2, -0.15) is 0 Å². The molecule has 2 rings (SSSR count). The van der Waals surface area contributed by atoms with Crippen LogP contribution in [0.2, 0.25) is 0 Å². The van der Waals surface area contributed by atoms with Gasteiger partial charge in [0.1, 0.15) is 11.4 Å². The van der Waals surface area contributed by atoms with Gasteiger partial charge in [-0.15, -0.1) is 0 Å². The maximum atomic E-state index is 12.1. The van der Waals surface area contributed by atoms with Crippen LogP contribution in [0, 0.1) is 0 Å². The van der Waals surface area contributed by atoms with Gasteiger partial charge in [-0.1, -0.05) is 6.07 Å². The lowest BCUT2D eigenvalue weighted by molar-refractivity contribution is -0.143. The Bertz CT molecular complexity index is 510. The molecule has 1 aromatic rings. The number of carboxylic acid groups (broad SMARTS) is 1. The summed E-state index contributed by atoms with van der Waals surface area (Å²) < 4.78 is 0. The monoisotopic (exact) mass is 292 g/mol. The summed E-state index contributed by atoms with van der Waals surface area (Å²) >= 11 is 0. The number of piperazine rings is 1. The van der Waals surface area contributed by atoms with Crippen LogP contribution in [-0.4, -0.2) is 58.7 Å². The molecular formula is C14H20N4O3. The number of anilines is 1. The van der Waals surface area contributed by atoms with Gasteiger partial charge in [0.15, 0.2) is 0 Å². The summed E-state index contributed by atoms with van der Waals surface area (Å²) in [5.41, 5.74) is -1.27. The Kier molecular flexibility index (Phi) is 4.30. The van der Waals surface area contributed by atoms with E-state index in [-0.39, 0.29) is 6.03 Å². The van der Waals surface area contributed by atoms with E-state index >= 15 is 0 Å². The molecule has 2 N–H and O–H groups in total. The zero-order valence-corrected chi connectivity index (χ0v) is 12.2. The molecule has 1 aliphatic heterocycles. The minimum Gasteiger partial charge on any atom is -0.480 e. The molecule has 0 aliphatic carbocycles. The fourth-order valence-corrected chi connectivity index (χ4v) is 2.08. The highest BCUT2D eigenvalue weighted by Crippen LogP contribution is 2.13. The number of hydrogen-bond donors (Lipinski definition) is 2. The molecule has 1 aliphatic rings. The molecule has 0 radical (unpaired) electrons. The molecule has 1 aromatic heterocycles. The van der Waals surface area contributed by atoms with Crippen molar-refractivity contribution in [2.45, 2.75) is 19.4 Å². The van der Waals surface area contributed by atoms with Crippen molar-refractivity contribution >= 4 is 17.8 Å². The zero-order valence-electron chi connectivity index (χ0n) is 12.2. The third kappa shape index (κ3) is 3.62. The Morgan fingerprint density at radius 2 is 1.90 bits per heavy atom. The molecule has 2 amide bonds. The largest absolute Gasteiger partial charge is 0.480 e. The number of nitrogens with zero attached hydrogens (tertiary/aromatic N) is 3. The maximum absolute atomic E-state index is 12.1. The lowest BCUT2D eigenvalue weighted by atomic mass is 10.1. The normalized spacial score (nSPS) is 15.7. The number of carbonyl (C=O) groups excluding carboxylic acids is 1. The van der Waals surface area contributed by atoms with Crippen LogP contribution < -0.4 is 10.2 Å².